The Balaban J connectivity index is 1.93. The highest BCUT2D eigenvalue weighted by Crippen LogP contribution is 2.21. The first kappa shape index (κ1) is 12.3. The monoisotopic (exact) mass is 266 g/mol. The van der Waals surface area contributed by atoms with Gasteiger partial charge in [0.15, 0.2) is 0 Å². The van der Waals surface area contributed by atoms with E-state index in [1.165, 1.54) is 4.57 Å². The van der Waals surface area contributed by atoms with E-state index in [-0.39, 0.29) is 11.8 Å². The Hall–Kier alpha value is -2.75. The summed E-state index contributed by atoms with van der Waals surface area (Å²) in [7, 11) is 0. The zero-order valence-electron chi connectivity index (χ0n) is 11.0. The lowest BCUT2D eigenvalue weighted by molar-refractivity contribution is 0.254. The van der Waals surface area contributed by atoms with Crippen molar-refractivity contribution >= 4 is 22.6 Å². The third kappa shape index (κ3) is 2.23. The molecule has 3 rings (SSSR count). The molecule has 0 aliphatic rings. The molecule has 0 saturated heterocycles. The minimum absolute atomic E-state index is 0.189. The lowest BCUT2D eigenvalue weighted by atomic mass is 10.2. The summed E-state index contributed by atoms with van der Waals surface area (Å²) in [5, 5.41) is 13.1. The van der Waals surface area contributed by atoms with E-state index in [0.29, 0.717) is 0 Å². The molecule has 2 aromatic carbocycles. The summed E-state index contributed by atoms with van der Waals surface area (Å²) in [6.45, 7) is 1.98. The third-order valence-electron chi connectivity index (χ3n) is 3.16. The number of nitrogens with one attached hydrogen (secondary N) is 1. The normalized spacial score (nSPS) is 10.7. The van der Waals surface area contributed by atoms with E-state index in [1.54, 1.807) is 30.5 Å². The van der Waals surface area contributed by atoms with Crippen molar-refractivity contribution in [2.75, 3.05) is 5.32 Å². The molecule has 20 heavy (non-hydrogen) atoms. The zero-order chi connectivity index (χ0) is 14.1. The Morgan fingerprint density at radius 2 is 2.00 bits per heavy atom. The van der Waals surface area contributed by atoms with Crippen LogP contribution in [0.3, 0.4) is 0 Å². The number of amides is 1. The number of phenols is 1. The van der Waals surface area contributed by atoms with Crippen LogP contribution in [-0.4, -0.2) is 15.7 Å². The van der Waals surface area contributed by atoms with E-state index in [1.807, 2.05) is 31.2 Å². The van der Waals surface area contributed by atoms with Crippen molar-refractivity contribution < 1.29 is 9.90 Å². The Labute approximate surface area is 116 Å². The first-order valence-corrected chi connectivity index (χ1v) is 6.31. The second kappa shape index (κ2) is 4.74. The smallest absolute Gasteiger partial charge is 0.330 e. The highest BCUT2D eigenvalue weighted by molar-refractivity contribution is 5.98. The molecule has 0 radical (unpaired) electrons. The molecule has 0 fully saturated rings. The van der Waals surface area contributed by atoms with Gasteiger partial charge in [-0.15, -0.1) is 0 Å². The van der Waals surface area contributed by atoms with Gasteiger partial charge in [0.2, 0.25) is 0 Å². The Morgan fingerprint density at radius 1 is 1.15 bits per heavy atom. The fourth-order valence-corrected chi connectivity index (χ4v) is 2.21. The van der Waals surface area contributed by atoms with E-state index < -0.39 is 0 Å². The summed E-state index contributed by atoms with van der Waals surface area (Å²) in [6, 6.07) is 14.1. The molecule has 0 bridgehead atoms. The molecule has 4 nitrogen and oxygen atoms in total. The summed E-state index contributed by atoms with van der Waals surface area (Å²) < 4.78 is 1.52. The molecular formula is C16H14N2O2. The van der Waals surface area contributed by atoms with Crippen molar-refractivity contribution in [2.24, 2.45) is 0 Å². The lowest BCUT2D eigenvalue weighted by Crippen LogP contribution is -2.18. The number of carbonyl (C=O) groups is 1. The molecule has 4 heteroatoms. The van der Waals surface area contributed by atoms with Gasteiger partial charge in [-0.2, -0.15) is 0 Å². The molecule has 100 valence electrons. The van der Waals surface area contributed by atoms with Crippen molar-refractivity contribution in [1.29, 1.82) is 0 Å². The van der Waals surface area contributed by atoms with E-state index in [0.717, 1.165) is 22.2 Å². The van der Waals surface area contributed by atoms with Crippen LogP contribution in [-0.2, 0) is 0 Å². The largest absolute Gasteiger partial charge is 0.508 e. The molecule has 2 N–H and O–H groups in total. The maximum absolute atomic E-state index is 12.3. The lowest BCUT2D eigenvalue weighted by Gasteiger charge is -2.08. The van der Waals surface area contributed by atoms with Crippen LogP contribution in [0.1, 0.15) is 5.56 Å². The fourth-order valence-electron chi connectivity index (χ4n) is 2.21. The molecule has 0 saturated carbocycles. The Bertz CT molecular complexity index is 790. The summed E-state index contributed by atoms with van der Waals surface area (Å²) in [5.41, 5.74) is 2.61. The number of aromatic nitrogens is 1. The van der Waals surface area contributed by atoms with Gasteiger partial charge in [-0.1, -0.05) is 12.1 Å². The molecule has 0 aliphatic carbocycles. The summed E-state index contributed by atoms with van der Waals surface area (Å²) in [5.74, 6) is 0.189. The number of carbonyl (C=O) groups excluding carboxylic acids is 1. The van der Waals surface area contributed by atoms with Crippen molar-refractivity contribution in [3.05, 3.63) is 60.3 Å². The number of hydrogen-bond acceptors (Lipinski definition) is 2. The predicted molar refractivity (Wildman–Crippen MR) is 79.2 cm³/mol. The number of hydrogen-bond donors (Lipinski definition) is 2. The summed E-state index contributed by atoms with van der Waals surface area (Å²) in [6.07, 6.45) is 1.69. The van der Waals surface area contributed by atoms with Crippen LogP contribution in [0.15, 0.2) is 54.7 Å². The minimum Gasteiger partial charge on any atom is -0.508 e. The number of anilines is 1. The Kier molecular flexibility index (Phi) is 2.91. The molecule has 1 aromatic heterocycles. The average molecular weight is 266 g/mol. The van der Waals surface area contributed by atoms with Gasteiger partial charge < -0.3 is 10.4 Å². The highest BCUT2D eigenvalue weighted by Gasteiger charge is 2.09. The van der Waals surface area contributed by atoms with Crippen LogP contribution in [0.5, 0.6) is 5.75 Å². The van der Waals surface area contributed by atoms with Gasteiger partial charge in [-0.05, 0) is 48.9 Å². The second-order valence-corrected chi connectivity index (χ2v) is 4.73. The number of benzene rings is 2. The van der Waals surface area contributed by atoms with E-state index in [9.17, 15) is 9.90 Å². The molecule has 3 aromatic rings. The first-order valence-electron chi connectivity index (χ1n) is 6.31. The van der Waals surface area contributed by atoms with E-state index >= 15 is 0 Å². The third-order valence-corrected chi connectivity index (χ3v) is 3.16. The second-order valence-electron chi connectivity index (χ2n) is 4.73. The molecule has 0 spiro atoms. The van der Waals surface area contributed by atoms with Gasteiger partial charge in [0.05, 0.1) is 5.52 Å². The zero-order valence-corrected chi connectivity index (χ0v) is 11.0. The van der Waals surface area contributed by atoms with Crippen molar-refractivity contribution in [3.63, 3.8) is 0 Å². The van der Waals surface area contributed by atoms with Gasteiger partial charge in [0, 0.05) is 17.3 Å². The van der Waals surface area contributed by atoms with Crippen LogP contribution >= 0.6 is 0 Å². The molecule has 1 heterocycles. The van der Waals surface area contributed by atoms with Gasteiger partial charge >= 0.3 is 6.03 Å². The number of fused-ring (bicyclic) bond motifs is 1. The molecule has 0 atom stereocenters. The Morgan fingerprint density at radius 3 is 2.80 bits per heavy atom. The quantitative estimate of drug-likeness (QED) is 0.705. The molecule has 0 aliphatic heterocycles. The minimum atomic E-state index is -0.226. The number of phenolic OH excluding ortho intramolecular Hbond substituents is 1. The molecule has 0 unspecified atom stereocenters. The van der Waals surface area contributed by atoms with E-state index in [2.05, 4.69) is 5.32 Å². The molecule has 1 amide bonds. The summed E-state index contributed by atoms with van der Waals surface area (Å²) in [4.78, 5) is 12.3. The van der Waals surface area contributed by atoms with Crippen LogP contribution < -0.4 is 5.32 Å². The molecular weight excluding hydrogens is 252 g/mol. The van der Waals surface area contributed by atoms with Crippen LogP contribution in [0.4, 0.5) is 10.5 Å². The van der Waals surface area contributed by atoms with Crippen molar-refractivity contribution in [3.8, 4) is 5.75 Å². The van der Waals surface area contributed by atoms with Gasteiger partial charge in [0.25, 0.3) is 0 Å². The van der Waals surface area contributed by atoms with Crippen LogP contribution in [0, 0.1) is 6.92 Å². The standard InChI is InChI=1S/C16H14N2O2/c1-11-3-2-4-13(9-11)17-16(20)18-8-7-12-10-14(19)5-6-15(12)18/h2-10,19H,1H3,(H,17,20). The number of rotatable bonds is 1. The number of aromatic hydroxyl groups is 1. The van der Waals surface area contributed by atoms with Crippen molar-refractivity contribution in [1.82, 2.24) is 4.57 Å². The van der Waals surface area contributed by atoms with E-state index in [4.69, 9.17) is 0 Å². The fraction of sp³-hybridized carbons (Fsp3) is 0.0625. The van der Waals surface area contributed by atoms with Crippen LogP contribution in [0.2, 0.25) is 0 Å². The van der Waals surface area contributed by atoms with Crippen LogP contribution in [0.25, 0.3) is 10.9 Å². The maximum atomic E-state index is 12.3. The highest BCUT2D eigenvalue weighted by atomic mass is 16.3. The van der Waals surface area contributed by atoms with Gasteiger partial charge in [-0.3, -0.25) is 4.57 Å². The van der Waals surface area contributed by atoms with Gasteiger partial charge in [0.1, 0.15) is 5.75 Å². The number of aryl methyl sites for hydroxylation is 1. The number of nitrogens with zero attached hydrogens (tertiary/aromatic N) is 1. The predicted octanol–water partition coefficient (Wildman–Crippen LogP) is 3.74. The average Bonchev–Trinajstić information content (AvgIpc) is 2.81. The summed E-state index contributed by atoms with van der Waals surface area (Å²) >= 11 is 0. The first-order chi connectivity index (χ1) is 9.63. The van der Waals surface area contributed by atoms with Crippen molar-refractivity contribution in [2.45, 2.75) is 6.92 Å². The SMILES string of the molecule is Cc1cccc(NC(=O)n2ccc3cc(O)ccc32)c1. The topological polar surface area (TPSA) is 54.3 Å². The maximum Gasteiger partial charge on any atom is 0.330 e. The van der Waals surface area contributed by atoms with Gasteiger partial charge in [-0.25, -0.2) is 4.79 Å².